The molecule has 0 amide bonds. The van der Waals surface area contributed by atoms with E-state index >= 15 is 0 Å². The lowest BCUT2D eigenvalue weighted by molar-refractivity contribution is 1.64. The number of nitrogen functional groups attached to an aromatic ring is 2. The van der Waals surface area contributed by atoms with Crippen molar-refractivity contribution in [2.75, 3.05) is 11.5 Å². The third-order valence-electron chi connectivity index (χ3n) is 1.70. The number of hydrogen-bond donors (Lipinski definition) is 2. The van der Waals surface area contributed by atoms with Crippen molar-refractivity contribution in [1.82, 2.24) is 0 Å². The minimum Gasteiger partial charge on any atom is -0.399 e. The summed E-state index contributed by atoms with van der Waals surface area (Å²) in [6.07, 6.45) is 0. The lowest BCUT2D eigenvalue weighted by Gasteiger charge is -1.89. The molecule has 2 aromatic rings. The molecule has 0 fully saturated rings. The Hall–Kier alpha value is -1.00. The molecule has 16 heavy (non-hydrogen) atoms. The fraction of sp³-hybridized carbons (Fsp3) is 0. The number of benzene rings is 2. The summed E-state index contributed by atoms with van der Waals surface area (Å²) in [7, 11) is 0. The number of rotatable bonds is 0. The van der Waals surface area contributed by atoms with E-state index in [9.17, 15) is 0 Å². The summed E-state index contributed by atoms with van der Waals surface area (Å²) in [5, 5.41) is 0. The van der Waals surface area contributed by atoms with Crippen molar-refractivity contribution in [3.8, 4) is 0 Å². The molecule has 0 aliphatic rings. The molecule has 0 spiro atoms. The predicted octanol–water partition coefficient (Wildman–Crippen LogP) is 4.06. The second-order valence-corrected chi connectivity index (χ2v) is 4.94. The topological polar surface area (TPSA) is 52.0 Å². The second-order valence-electron chi connectivity index (χ2n) is 3.11. The van der Waals surface area contributed by atoms with Crippen LogP contribution in [0.2, 0.25) is 0 Å². The predicted molar refractivity (Wildman–Crippen MR) is 77.1 cm³/mol. The first-order valence-corrected chi connectivity index (χ1v) is 6.18. The van der Waals surface area contributed by atoms with Gasteiger partial charge in [0.1, 0.15) is 0 Å². The van der Waals surface area contributed by atoms with Crippen LogP contribution in [0.25, 0.3) is 0 Å². The van der Waals surface area contributed by atoms with Gasteiger partial charge in [-0.1, -0.05) is 44.0 Å². The molecule has 2 aromatic carbocycles. The summed E-state index contributed by atoms with van der Waals surface area (Å²) < 4.78 is 2.05. The maximum Gasteiger partial charge on any atom is 0.0325 e. The molecule has 0 aromatic heterocycles. The first-order valence-electron chi connectivity index (χ1n) is 4.60. The van der Waals surface area contributed by atoms with Crippen molar-refractivity contribution in [1.29, 1.82) is 0 Å². The fourth-order valence-electron chi connectivity index (χ4n) is 1.01. The minimum atomic E-state index is 0.791. The first kappa shape index (κ1) is 13.1. The molecular formula is C12H12Br2N2. The van der Waals surface area contributed by atoms with Crippen LogP contribution in [0, 0.1) is 0 Å². The van der Waals surface area contributed by atoms with Gasteiger partial charge in [-0.25, -0.2) is 0 Å². The molecule has 0 heterocycles. The Bertz CT molecular complexity index is 380. The van der Waals surface area contributed by atoms with Crippen LogP contribution in [-0.4, -0.2) is 0 Å². The number of anilines is 2. The summed E-state index contributed by atoms with van der Waals surface area (Å²) in [5.41, 5.74) is 12.4. The zero-order valence-electron chi connectivity index (χ0n) is 8.53. The van der Waals surface area contributed by atoms with Gasteiger partial charge in [-0.05, 0) is 36.4 Å². The Morgan fingerprint density at radius 1 is 0.688 bits per heavy atom. The summed E-state index contributed by atoms with van der Waals surface area (Å²) in [5.74, 6) is 0. The van der Waals surface area contributed by atoms with E-state index in [-0.39, 0.29) is 0 Å². The normalized spacial score (nSPS) is 9.12. The van der Waals surface area contributed by atoms with Gasteiger partial charge in [0.25, 0.3) is 0 Å². The average Bonchev–Trinajstić information content (AvgIpc) is 2.17. The maximum atomic E-state index is 5.43. The smallest absolute Gasteiger partial charge is 0.0325 e. The number of halogens is 2. The Labute approximate surface area is 112 Å². The van der Waals surface area contributed by atoms with Crippen LogP contribution in [0.5, 0.6) is 0 Å². The van der Waals surface area contributed by atoms with Gasteiger partial charge in [0.2, 0.25) is 0 Å². The highest BCUT2D eigenvalue weighted by atomic mass is 79.9. The summed E-state index contributed by atoms with van der Waals surface area (Å²) in [6.45, 7) is 0. The monoisotopic (exact) mass is 342 g/mol. The van der Waals surface area contributed by atoms with E-state index in [1.807, 2.05) is 48.5 Å². The Balaban J connectivity index is 0.000000160. The van der Waals surface area contributed by atoms with Gasteiger partial charge in [0.05, 0.1) is 0 Å². The molecule has 0 saturated heterocycles. The van der Waals surface area contributed by atoms with Gasteiger partial charge in [-0.2, -0.15) is 0 Å². The highest BCUT2D eigenvalue weighted by Crippen LogP contribution is 2.12. The van der Waals surface area contributed by atoms with Crippen LogP contribution in [0.15, 0.2) is 57.5 Å². The molecular weight excluding hydrogens is 332 g/mol. The van der Waals surface area contributed by atoms with Crippen LogP contribution in [0.1, 0.15) is 0 Å². The van der Waals surface area contributed by atoms with E-state index in [1.165, 1.54) is 0 Å². The standard InChI is InChI=1S/2C6H6BrN/c2*7-5-2-1-3-6(8)4-5/h2*1-4H,8H2. The van der Waals surface area contributed by atoms with Crippen molar-refractivity contribution in [2.45, 2.75) is 0 Å². The molecule has 4 heteroatoms. The number of nitrogens with two attached hydrogens (primary N) is 2. The minimum absolute atomic E-state index is 0.791. The summed E-state index contributed by atoms with van der Waals surface area (Å²) in [6, 6.07) is 15.1. The third kappa shape index (κ3) is 5.19. The van der Waals surface area contributed by atoms with Crippen molar-refractivity contribution in [3.05, 3.63) is 57.5 Å². The van der Waals surface area contributed by atoms with E-state index in [4.69, 9.17) is 11.5 Å². The third-order valence-corrected chi connectivity index (χ3v) is 2.68. The van der Waals surface area contributed by atoms with Gasteiger partial charge < -0.3 is 11.5 Å². The molecule has 0 aliphatic carbocycles. The van der Waals surface area contributed by atoms with Crippen LogP contribution in [-0.2, 0) is 0 Å². The summed E-state index contributed by atoms with van der Waals surface area (Å²) >= 11 is 6.56. The summed E-state index contributed by atoms with van der Waals surface area (Å²) in [4.78, 5) is 0. The molecule has 0 saturated carbocycles. The largest absolute Gasteiger partial charge is 0.399 e. The second kappa shape index (κ2) is 6.55. The van der Waals surface area contributed by atoms with E-state index < -0.39 is 0 Å². The zero-order valence-corrected chi connectivity index (χ0v) is 11.7. The first-order chi connectivity index (χ1) is 7.58. The lowest BCUT2D eigenvalue weighted by atomic mass is 10.3. The molecule has 4 N–H and O–H groups in total. The van der Waals surface area contributed by atoms with Gasteiger partial charge in [-0.3, -0.25) is 0 Å². The molecule has 0 radical (unpaired) electrons. The van der Waals surface area contributed by atoms with Crippen molar-refractivity contribution < 1.29 is 0 Å². The van der Waals surface area contributed by atoms with E-state index in [1.54, 1.807) is 0 Å². The van der Waals surface area contributed by atoms with E-state index in [0.29, 0.717) is 0 Å². The van der Waals surface area contributed by atoms with Crippen LogP contribution < -0.4 is 11.5 Å². The van der Waals surface area contributed by atoms with Gasteiger partial charge in [0.15, 0.2) is 0 Å². The molecule has 0 aliphatic heterocycles. The van der Waals surface area contributed by atoms with Gasteiger partial charge in [-0.15, -0.1) is 0 Å². The zero-order chi connectivity index (χ0) is 12.0. The van der Waals surface area contributed by atoms with Gasteiger partial charge >= 0.3 is 0 Å². The Morgan fingerprint density at radius 2 is 1.06 bits per heavy atom. The Kier molecular flexibility index (Phi) is 5.35. The molecule has 0 atom stereocenters. The van der Waals surface area contributed by atoms with Crippen molar-refractivity contribution in [3.63, 3.8) is 0 Å². The maximum absolute atomic E-state index is 5.43. The van der Waals surface area contributed by atoms with E-state index in [0.717, 1.165) is 20.3 Å². The lowest BCUT2D eigenvalue weighted by Crippen LogP contribution is -1.80. The Morgan fingerprint density at radius 3 is 1.25 bits per heavy atom. The number of hydrogen-bond acceptors (Lipinski definition) is 2. The van der Waals surface area contributed by atoms with Crippen molar-refractivity contribution in [2.24, 2.45) is 0 Å². The molecule has 2 rings (SSSR count). The highest BCUT2D eigenvalue weighted by molar-refractivity contribution is 9.10. The van der Waals surface area contributed by atoms with Gasteiger partial charge in [0, 0.05) is 20.3 Å². The molecule has 2 nitrogen and oxygen atoms in total. The SMILES string of the molecule is Nc1cccc(Br)c1.Nc1cccc(Br)c1. The van der Waals surface area contributed by atoms with Crippen LogP contribution in [0.3, 0.4) is 0 Å². The average molecular weight is 344 g/mol. The quantitative estimate of drug-likeness (QED) is 0.708. The van der Waals surface area contributed by atoms with E-state index in [2.05, 4.69) is 31.9 Å². The fourth-order valence-corrected chi connectivity index (χ4v) is 1.85. The van der Waals surface area contributed by atoms with Crippen LogP contribution >= 0.6 is 31.9 Å². The molecule has 0 unspecified atom stereocenters. The van der Waals surface area contributed by atoms with Crippen molar-refractivity contribution >= 4 is 43.2 Å². The molecule has 84 valence electrons. The highest BCUT2D eigenvalue weighted by Gasteiger charge is 1.83. The van der Waals surface area contributed by atoms with Crippen LogP contribution in [0.4, 0.5) is 11.4 Å². The molecule has 0 bridgehead atoms.